The molecule has 0 aromatic carbocycles. The highest BCUT2D eigenvalue weighted by Gasteiger charge is 2.00. The van der Waals surface area contributed by atoms with Crippen LogP contribution in [0.25, 0.3) is 0 Å². The maximum Gasteiger partial charge on any atom is 0.0302 e. The van der Waals surface area contributed by atoms with Crippen molar-refractivity contribution in [3.63, 3.8) is 0 Å². The molecule has 0 fully saturated rings. The molecule has 74 valence electrons. The standard InChI is InChI=1S/C11H19NS/c1-4-9(2)7-12-8-11-10(3)5-6-13-11/h5-6,9,12H,4,7-8H2,1-3H3. The highest BCUT2D eigenvalue weighted by Crippen LogP contribution is 2.14. The van der Waals surface area contributed by atoms with Gasteiger partial charge in [0.05, 0.1) is 0 Å². The van der Waals surface area contributed by atoms with Crippen LogP contribution >= 0.6 is 11.3 Å². The van der Waals surface area contributed by atoms with Crippen LogP contribution in [0, 0.1) is 12.8 Å². The van der Waals surface area contributed by atoms with Gasteiger partial charge in [0, 0.05) is 11.4 Å². The van der Waals surface area contributed by atoms with Gasteiger partial charge in [-0.1, -0.05) is 20.3 Å². The molecule has 0 radical (unpaired) electrons. The van der Waals surface area contributed by atoms with E-state index >= 15 is 0 Å². The van der Waals surface area contributed by atoms with Crippen LogP contribution in [-0.4, -0.2) is 6.54 Å². The summed E-state index contributed by atoms with van der Waals surface area (Å²) in [5.41, 5.74) is 1.42. The zero-order valence-electron chi connectivity index (χ0n) is 8.76. The van der Waals surface area contributed by atoms with Gasteiger partial charge in [-0.05, 0) is 36.4 Å². The van der Waals surface area contributed by atoms with E-state index in [2.05, 4.69) is 37.5 Å². The Morgan fingerprint density at radius 2 is 2.31 bits per heavy atom. The third-order valence-corrected chi connectivity index (χ3v) is 3.47. The Bertz CT molecular complexity index is 242. The van der Waals surface area contributed by atoms with Gasteiger partial charge in [0.15, 0.2) is 0 Å². The van der Waals surface area contributed by atoms with Crippen molar-refractivity contribution in [3.8, 4) is 0 Å². The minimum atomic E-state index is 0.792. The number of rotatable bonds is 5. The molecule has 0 aliphatic heterocycles. The Hall–Kier alpha value is -0.340. The van der Waals surface area contributed by atoms with E-state index in [1.54, 1.807) is 0 Å². The molecule has 0 saturated carbocycles. The first-order valence-electron chi connectivity index (χ1n) is 4.97. The monoisotopic (exact) mass is 197 g/mol. The SMILES string of the molecule is CCC(C)CNCc1sccc1C. The molecule has 1 heterocycles. The highest BCUT2D eigenvalue weighted by molar-refractivity contribution is 7.10. The van der Waals surface area contributed by atoms with Crippen LogP contribution in [0.2, 0.25) is 0 Å². The number of hydrogen-bond donors (Lipinski definition) is 1. The first-order valence-corrected chi connectivity index (χ1v) is 5.85. The Kier molecular flexibility index (Phi) is 4.46. The molecule has 0 amide bonds. The summed E-state index contributed by atoms with van der Waals surface area (Å²) in [6.45, 7) is 8.87. The van der Waals surface area contributed by atoms with E-state index < -0.39 is 0 Å². The van der Waals surface area contributed by atoms with Gasteiger partial charge in [-0.15, -0.1) is 11.3 Å². The van der Waals surface area contributed by atoms with Crippen LogP contribution < -0.4 is 5.32 Å². The predicted octanol–water partition coefficient (Wildman–Crippen LogP) is 3.19. The molecule has 0 saturated heterocycles. The molecule has 1 aromatic heterocycles. The minimum absolute atomic E-state index is 0.792. The second-order valence-corrected chi connectivity index (χ2v) is 4.67. The molecule has 1 aromatic rings. The fourth-order valence-corrected chi connectivity index (χ4v) is 2.04. The third kappa shape index (κ3) is 3.49. The average molecular weight is 197 g/mol. The maximum atomic E-state index is 3.49. The van der Waals surface area contributed by atoms with Crippen LogP contribution in [0.15, 0.2) is 11.4 Å². The lowest BCUT2D eigenvalue weighted by atomic mass is 10.1. The van der Waals surface area contributed by atoms with E-state index in [0.29, 0.717) is 0 Å². The van der Waals surface area contributed by atoms with Gasteiger partial charge in [0.25, 0.3) is 0 Å². The summed E-state index contributed by atoms with van der Waals surface area (Å²) in [6, 6.07) is 2.19. The Balaban J connectivity index is 2.24. The van der Waals surface area contributed by atoms with Crippen molar-refractivity contribution in [2.24, 2.45) is 5.92 Å². The minimum Gasteiger partial charge on any atom is -0.312 e. The summed E-state index contributed by atoms with van der Waals surface area (Å²) in [7, 11) is 0. The van der Waals surface area contributed by atoms with E-state index in [1.807, 2.05) is 11.3 Å². The van der Waals surface area contributed by atoms with Gasteiger partial charge in [-0.2, -0.15) is 0 Å². The van der Waals surface area contributed by atoms with E-state index in [9.17, 15) is 0 Å². The molecule has 2 heteroatoms. The van der Waals surface area contributed by atoms with Gasteiger partial charge in [-0.25, -0.2) is 0 Å². The summed E-state index contributed by atoms with van der Waals surface area (Å²) in [4.78, 5) is 1.48. The largest absolute Gasteiger partial charge is 0.312 e. The first-order chi connectivity index (χ1) is 6.24. The zero-order chi connectivity index (χ0) is 9.68. The lowest BCUT2D eigenvalue weighted by molar-refractivity contribution is 0.501. The summed E-state index contributed by atoms with van der Waals surface area (Å²) < 4.78 is 0. The van der Waals surface area contributed by atoms with Crippen LogP contribution in [0.1, 0.15) is 30.7 Å². The van der Waals surface area contributed by atoms with Crippen LogP contribution in [-0.2, 0) is 6.54 Å². The molecule has 1 rings (SSSR count). The number of nitrogens with one attached hydrogen (secondary N) is 1. The molecule has 0 aliphatic rings. The van der Waals surface area contributed by atoms with Crippen LogP contribution in [0.3, 0.4) is 0 Å². The first kappa shape index (κ1) is 10.7. The third-order valence-electron chi connectivity index (χ3n) is 2.44. The van der Waals surface area contributed by atoms with E-state index in [1.165, 1.54) is 16.9 Å². The second kappa shape index (κ2) is 5.40. The Morgan fingerprint density at radius 1 is 1.54 bits per heavy atom. The molecular weight excluding hydrogens is 178 g/mol. The van der Waals surface area contributed by atoms with E-state index in [0.717, 1.165) is 19.0 Å². The molecule has 1 unspecified atom stereocenters. The van der Waals surface area contributed by atoms with Crippen molar-refractivity contribution in [2.75, 3.05) is 6.54 Å². The van der Waals surface area contributed by atoms with Crippen LogP contribution in [0.4, 0.5) is 0 Å². The van der Waals surface area contributed by atoms with Gasteiger partial charge in [0.1, 0.15) is 0 Å². The van der Waals surface area contributed by atoms with Crippen molar-refractivity contribution in [2.45, 2.75) is 33.7 Å². The molecule has 1 N–H and O–H groups in total. The maximum absolute atomic E-state index is 3.49. The number of thiophene rings is 1. The lowest BCUT2D eigenvalue weighted by Gasteiger charge is -2.09. The second-order valence-electron chi connectivity index (χ2n) is 3.67. The molecule has 1 atom stereocenters. The van der Waals surface area contributed by atoms with Gasteiger partial charge < -0.3 is 5.32 Å². The molecule has 0 bridgehead atoms. The van der Waals surface area contributed by atoms with Gasteiger partial charge in [-0.3, -0.25) is 0 Å². The molecule has 0 spiro atoms. The normalized spacial score (nSPS) is 13.2. The summed E-state index contributed by atoms with van der Waals surface area (Å²) in [6.07, 6.45) is 1.26. The smallest absolute Gasteiger partial charge is 0.0302 e. The van der Waals surface area contributed by atoms with Crippen molar-refractivity contribution < 1.29 is 0 Å². The molecule has 13 heavy (non-hydrogen) atoms. The topological polar surface area (TPSA) is 12.0 Å². The van der Waals surface area contributed by atoms with Crippen molar-refractivity contribution in [3.05, 3.63) is 21.9 Å². The fraction of sp³-hybridized carbons (Fsp3) is 0.636. The Labute approximate surface area is 85.2 Å². The predicted molar refractivity (Wildman–Crippen MR) is 60.2 cm³/mol. The summed E-state index contributed by atoms with van der Waals surface area (Å²) in [5.74, 6) is 0.792. The fourth-order valence-electron chi connectivity index (χ4n) is 1.16. The van der Waals surface area contributed by atoms with Crippen molar-refractivity contribution in [1.29, 1.82) is 0 Å². The quantitative estimate of drug-likeness (QED) is 0.764. The Morgan fingerprint density at radius 3 is 2.85 bits per heavy atom. The van der Waals surface area contributed by atoms with Crippen molar-refractivity contribution >= 4 is 11.3 Å². The van der Waals surface area contributed by atoms with E-state index in [4.69, 9.17) is 0 Å². The summed E-state index contributed by atoms with van der Waals surface area (Å²) >= 11 is 1.85. The molecular formula is C11H19NS. The molecule has 1 nitrogen and oxygen atoms in total. The van der Waals surface area contributed by atoms with Crippen molar-refractivity contribution in [1.82, 2.24) is 5.32 Å². The van der Waals surface area contributed by atoms with E-state index in [-0.39, 0.29) is 0 Å². The van der Waals surface area contributed by atoms with Crippen LogP contribution in [0.5, 0.6) is 0 Å². The number of hydrogen-bond acceptors (Lipinski definition) is 2. The summed E-state index contributed by atoms with van der Waals surface area (Å²) in [5, 5.41) is 5.65. The van der Waals surface area contributed by atoms with Gasteiger partial charge in [0.2, 0.25) is 0 Å². The lowest BCUT2D eigenvalue weighted by Crippen LogP contribution is -2.20. The molecule has 0 aliphatic carbocycles. The number of aryl methyl sites for hydroxylation is 1. The average Bonchev–Trinajstić information content (AvgIpc) is 2.52. The highest BCUT2D eigenvalue weighted by atomic mass is 32.1. The zero-order valence-corrected chi connectivity index (χ0v) is 9.58. The van der Waals surface area contributed by atoms with Gasteiger partial charge >= 0.3 is 0 Å².